The van der Waals surface area contributed by atoms with Crippen LogP contribution in [-0.4, -0.2) is 60.0 Å². The van der Waals surface area contributed by atoms with E-state index in [4.69, 9.17) is 4.99 Å². The molecule has 7 heteroatoms. The quantitative estimate of drug-likeness (QED) is 0.347. The Hall–Kier alpha value is -0.180. The van der Waals surface area contributed by atoms with Crippen LogP contribution in [0.4, 0.5) is 0 Å². The lowest BCUT2D eigenvalue weighted by atomic mass is 9.87. The summed E-state index contributed by atoms with van der Waals surface area (Å²) < 4.78 is 0.436. The lowest BCUT2D eigenvalue weighted by Gasteiger charge is -2.45. The molecule has 5 nitrogen and oxygen atoms in total. The van der Waals surface area contributed by atoms with Crippen LogP contribution in [0.25, 0.3) is 0 Å². The van der Waals surface area contributed by atoms with Crippen LogP contribution in [0.1, 0.15) is 58.8 Å². The third kappa shape index (κ3) is 7.53. The van der Waals surface area contributed by atoms with Crippen molar-refractivity contribution in [1.29, 1.82) is 0 Å². The number of amides is 1. The van der Waals surface area contributed by atoms with Crippen molar-refractivity contribution in [2.24, 2.45) is 4.99 Å². The summed E-state index contributed by atoms with van der Waals surface area (Å²) >= 11 is 2.17. The lowest BCUT2D eigenvalue weighted by Crippen LogP contribution is -2.53. The number of nitrogens with one attached hydrogen (secondary N) is 2. The topological polar surface area (TPSA) is 56.7 Å². The first-order chi connectivity index (χ1) is 11.7. The molecule has 0 aromatic carbocycles. The second kappa shape index (κ2) is 12.3. The molecule has 0 aromatic rings. The lowest BCUT2D eigenvalue weighted by molar-refractivity contribution is -0.120. The molecule has 2 fully saturated rings. The largest absolute Gasteiger partial charge is 0.357 e. The first kappa shape index (κ1) is 22.9. The van der Waals surface area contributed by atoms with Crippen molar-refractivity contribution in [2.75, 3.05) is 38.5 Å². The zero-order chi connectivity index (χ0) is 17.3. The zero-order valence-corrected chi connectivity index (χ0v) is 19.0. The number of halogens is 1. The van der Waals surface area contributed by atoms with Crippen molar-refractivity contribution in [2.45, 2.75) is 63.5 Å². The Bertz CT molecular complexity index is 422. The number of carbonyl (C=O) groups excluding carboxylic acids is 1. The van der Waals surface area contributed by atoms with E-state index in [0.717, 1.165) is 38.6 Å². The monoisotopic (exact) mass is 482 g/mol. The SMILES string of the molecule is CCCNC(=O)CCN=C(NCC)N1CCSC2(CCCCC2)C1.I. The van der Waals surface area contributed by atoms with Crippen LogP contribution in [0.5, 0.6) is 0 Å². The van der Waals surface area contributed by atoms with Gasteiger partial charge in [-0.25, -0.2) is 0 Å². The van der Waals surface area contributed by atoms with E-state index < -0.39 is 0 Å². The molecular weight excluding hydrogens is 447 g/mol. The fourth-order valence-corrected chi connectivity index (χ4v) is 5.14. The molecule has 2 rings (SSSR count). The zero-order valence-electron chi connectivity index (χ0n) is 15.8. The summed E-state index contributed by atoms with van der Waals surface area (Å²) in [4.78, 5) is 18.9. The molecular formula is C18H35IN4OS. The molecule has 1 spiro atoms. The predicted octanol–water partition coefficient (Wildman–Crippen LogP) is 3.24. The Balaban J connectivity index is 0.00000312. The molecule has 25 heavy (non-hydrogen) atoms. The van der Waals surface area contributed by atoms with E-state index in [9.17, 15) is 4.79 Å². The highest BCUT2D eigenvalue weighted by atomic mass is 127. The van der Waals surface area contributed by atoms with E-state index in [1.165, 1.54) is 37.9 Å². The first-order valence-electron chi connectivity index (χ1n) is 9.63. The summed E-state index contributed by atoms with van der Waals surface area (Å²) in [6.45, 7) is 8.53. The number of hydrogen-bond donors (Lipinski definition) is 2. The van der Waals surface area contributed by atoms with Crippen molar-refractivity contribution in [1.82, 2.24) is 15.5 Å². The average Bonchev–Trinajstić information content (AvgIpc) is 2.60. The number of hydrogen-bond acceptors (Lipinski definition) is 3. The minimum absolute atomic E-state index is 0. The fourth-order valence-electron chi connectivity index (χ4n) is 3.57. The second-order valence-electron chi connectivity index (χ2n) is 6.85. The molecule has 0 aromatic heterocycles. The molecule has 1 saturated heterocycles. The Kier molecular flexibility index (Phi) is 11.2. The molecule has 0 bridgehead atoms. The summed E-state index contributed by atoms with van der Waals surface area (Å²) in [6.07, 6.45) is 8.26. The van der Waals surface area contributed by atoms with Crippen molar-refractivity contribution in [3.8, 4) is 0 Å². The average molecular weight is 482 g/mol. The highest BCUT2D eigenvalue weighted by Crippen LogP contribution is 2.42. The maximum absolute atomic E-state index is 11.7. The van der Waals surface area contributed by atoms with E-state index in [0.29, 0.717) is 17.7 Å². The minimum Gasteiger partial charge on any atom is -0.357 e. The van der Waals surface area contributed by atoms with Gasteiger partial charge in [0.25, 0.3) is 0 Å². The highest BCUT2D eigenvalue weighted by Gasteiger charge is 2.38. The Morgan fingerprint density at radius 2 is 1.96 bits per heavy atom. The standard InChI is InChI=1S/C18H34N4OS.HI/c1-3-11-20-16(23)8-12-21-17(19-4-2)22-13-14-24-18(15-22)9-6-5-7-10-18;/h3-15H2,1-2H3,(H,19,21)(H,20,23);1H. The molecule has 1 amide bonds. The third-order valence-corrected chi connectivity index (χ3v) is 6.36. The summed E-state index contributed by atoms with van der Waals surface area (Å²) in [6, 6.07) is 0. The number of nitrogens with zero attached hydrogens (tertiary/aromatic N) is 2. The first-order valence-corrected chi connectivity index (χ1v) is 10.6. The smallest absolute Gasteiger partial charge is 0.221 e. The summed E-state index contributed by atoms with van der Waals surface area (Å²) in [7, 11) is 0. The van der Waals surface area contributed by atoms with Gasteiger partial charge in [0.15, 0.2) is 5.96 Å². The van der Waals surface area contributed by atoms with Gasteiger partial charge in [-0.2, -0.15) is 11.8 Å². The molecule has 1 aliphatic carbocycles. The van der Waals surface area contributed by atoms with Crippen LogP contribution in [-0.2, 0) is 4.79 Å². The van der Waals surface area contributed by atoms with Crippen LogP contribution >= 0.6 is 35.7 Å². The molecule has 0 radical (unpaired) electrons. The van der Waals surface area contributed by atoms with Gasteiger partial charge in [-0.1, -0.05) is 26.2 Å². The van der Waals surface area contributed by atoms with Crippen LogP contribution in [0.3, 0.4) is 0 Å². The van der Waals surface area contributed by atoms with Gasteiger partial charge in [-0.3, -0.25) is 9.79 Å². The summed E-state index contributed by atoms with van der Waals surface area (Å²) in [5, 5.41) is 6.34. The maximum atomic E-state index is 11.7. The Morgan fingerprint density at radius 3 is 2.64 bits per heavy atom. The van der Waals surface area contributed by atoms with Gasteiger partial charge >= 0.3 is 0 Å². The van der Waals surface area contributed by atoms with Crippen molar-refractivity contribution in [3.05, 3.63) is 0 Å². The summed E-state index contributed by atoms with van der Waals surface area (Å²) in [5.41, 5.74) is 0. The molecule has 0 atom stereocenters. The van der Waals surface area contributed by atoms with Gasteiger partial charge in [-0.05, 0) is 26.2 Å². The van der Waals surface area contributed by atoms with E-state index in [1.807, 2.05) is 0 Å². The maximum Gasteiger partial charge on any atom is 0.221 e. The van der Waals surface area contributed by atoms with Gasteiger partial charge in [0.05, 0.1) is 6.54 Å². The normalized spacial score (nSPS) is 20.1. The number of rotatable bonds is 6. The number of carbonyl (C=O) groups is 1. The molecule has 0 unspecified atom stereocenters. The predicted molar refractivity (Wildman–Crippen MR) is 119 cm³/mol. The molecule has 2 aliphatic rings. The van der Waals surface area contributed by atoms with E-state index in [-0.39, 0.29) is 29.9 Å². The van der Waals surface area contributed by atoms with E-state index >= 15 is 0 Å². The number of aliphatic imine (C=N–C) groups is 1. The van der Waals surface area contributed by atoms with Crippen molar-refractivity contribution >= 4 is 47.6 Å². The Morgan fingerprint density at radius 1 is 1.20 bits per heavy atom. The van der Waals surface area contributed by atoms with Gasteiger partial charge in [0.2, 0.25) is 5.91 Å². The van der Waals surface area contributed by atoms with Crippen molar-refractivity contribution < 1.29 is 4.79 Å². The second-order valence-corrected chi connectivity index (χ2v) is 8.41. The van der Waals surface area contributed by atoms with Crippen LogP contribution in [0, 0.1) is 0 Å². The number of guanidine groups is 1. The van der Waals surface area contributed by atoms with Crippen molar-refractivity contribution in [3.63, 3.8) is 0 Å². The molecule has 1 aliphatic heterocycles. The van der Waals surface area contributed by atoms with Gasteiger partial charge in [-0.15, -0.1) is 24.0 Å². The van der Waals surface area contributed by atoms with Crippen LogP contribution < -0.4 is 10.6 Å². The number of thioether (sulfide) groups is 1. The summed E-state index contributed by atoms with van der Waals surface area (Å²) in [5.74, 6) is 2.28. The van der Waals surface area contributed by atoms with E-state index in [2.05, 4.69) is 41.1 Å². The molecule has 146 valence electrons. The Labute approximate surface area is 174 Å². The van der Waals surface area contributed by atoms with Crippen LogP contribution in [0.2, 0.25) is 0 Å². The third-order valence-electron chi connectivity index (χ3n) is 4.82. The highest BCUT2D eigenvalue weighted by molar-refractivity contribution is 14.0. The van der Waals surface area contributed by atoms with Gasteiger partial charge in [0, 0.05) is 43.1 Å². The van der Waals surface area contributed by atoms with Crippen LogP contribution in [0.15, 0.2) is 4.99 Å². The minimum atomic E-state index is 0. The molecule has 2 N–H and O–H groups in total. The van der Waals surface area contributed by atoms with E-state index in [1.54, 1.807) is 0 Å². The molecule has 1 saturated carbocycles. The fraction of sp³-hybridized carbons (Fsp3) is 0.889. The molecule has 1 heterocycles. The van der Waals surface area contributed by atoms with Gasteiger partial charge < -0.3 is 15.5 Å². The van der Waals surface area contributed by atoms with Gasteiger partial charge in [0.1, 0.15) is 0 Å².